The highest BCUT2D eigenvalue weighted by atomic mass is 16.6. The Bertz CT molecular complexity index is 382. The molecule has 0 spiro atoms. The molecule has 0 bridgehead atoms. The number of rotatable bonds is 1. The number of carboxylic acid groups (broad SMARTS) is 1. The summed E-state index contributed by atoms with van der Waals surface area (Å²) in [7, 11) is 0. The van der Waals surface area contributed by atoms with Crippen molar-refractivity contribution in [3.8, 4) is 5.75 Å². The van der Waals surface area contributed by atoms with E-state index in [9.17, 15) is 9.59 Å². The molecule has 0 fully saturated rings. The summed E-state index contributed by atoms with van der Waals surface area (Å²) in [5, 5.41) is 8.33. The van der Waals surface area contributed by atoms with Gasteiger partial charge in [0, 0.05) is 0 Å². The monoisotopic (exact) mass is 194 g/mol. The lowest BCUT2D eigenvalue weighted by Gasteiger charge is -2.06. The van der Waals surface area contributed by atoms with E-state index in [1.165, 1.54) is 0 Å². The second-order valence-electron chi connectivity index (χ2n) is 2.89. The lowest BCUT2D eigenvalue weighted by molar-refractivity contribution is -0.158. The minimum Gasteiger partial charge on any atom is -0.473 e. The fourth-order valence-corrected chi connectivity index (χ4v) is 0.978. The van der Waals surface area contributed by atoms with Crippen LogP contribution in [0.1, 0.15) is 11.1 Å². The van der Waals surface area contributed by atoms with Crippen LogP contribution < -0.4 is 4.74 Å². The lowest BCUT2D eigenvalue weighted by Crippen LogP contribution is -2.19. The summed E-state index contributed by atoms with van der Waals surface area (Å²) in [5.74, 6) is -2.57. The van der Waals surface area contributed by atoms with E-state index in [1.54, 1.807) is 19.1 Å². The largest absolute Gasteiger partial charge is 0.473 e. The summed E-state index contributed by atoms with van der Waals surface area (Å²) in [6, 6.07) is 5.11. The van der Waals surface area contributed by atoms with Crippen molar-refractivity contribution in [2.75, 3.05) is 0 Å². The van der Waals surface area contributed by atoms with Gasteiger partial charge in [0.05, 0.1) is 0 Å². The predicted octanol–water partition coefficient (Wildman–Crippen LogP) is 1.29. The molecule has 1 aromatic rings. The normalized spacial score (nSPS) is 9.57. The van der Waals surface area contributed by atoms with Crippen LogP contribution in [0.5, 0.6) is 5.75 Å². The van der Waals surface area contributed by atoms with Crippen molar-refractivity contribution in [1.29, 1.82) is 0 Å². The number of aryl methyl sites for hydroxylation is 1. The Hall–Kier alpha value is -1.84. The van der Waals surface area contributed by atoms with Gasteiger partial charge in [-0.15, -0.1) is 0 Å². The van der Waals surface area contributed by atoms with Crippen molar-refractivity contribution < 1.29 is 19.4 Å². The van der Waals surface area contributed by atoms with Gasteiger partial charge in [0.25, 0.3) is 0 Å². The van der Waals surface area contributed by atoms with Gasteiger partial charge in [-0.05, 0) is 31.0 Å². The van der Waals surface area contributed by atoms with Crippen LogP contribution >= 0.6 is 0 Å². The summed E-state index contributed by atoms with van der Waals surface area (Å²) in [6.45, 7) is 3.62. The molecule has 74 valence electrons. The summed E-state index contributed by atoms with van der Waals surface area (Å²) < 4.78 is 4.65. The number of hydrogen-bond donors (Lipinski definition) is 1. The Kier molecular flexibility index (Phi) is 2.86. The van der Waals surface area contributed by atoms with Crippen molar-refractivity contribution >= 4 is 11.9 Å². The predicted molar refractivity (Wildman–Crippen MR) is 49.2 cm³/mol. The number of aliphatic carboxylic acids is 1. The van der Waals surface area contributed by atoms with E-state index in [-0.39, 0.29) is 5.75 Å². The molecule has 0 saturated heterocycles. The number of ether oxygens (including phenoxy) is 1. The van der Waals surface area contributed by atoms with Crippen LogP contribution in [0.25, 0.3) is 0 Å². The van der Waals surface area contributed by atoms with Crippen molar-refractivity contribution in [2.45, 2.75) is 13.8 Å². The maximum atomic E-state index is 10.8. The molecule has 0 aliphatic carbocycles. The molecule has 0 aromatic heterocycles. The molecular formula is C10H10O4. The highest BCUT2D eigenvalue weighted by molar-refractivity contribution is 6.29. The minimum atomic E-state index is -1.59. The van der Waals surface area contributed by atoms with E-state index in [0.29, 0.717) is 0 Å². The third kappa shape index (κ3) is 2.10. The fraction of sp³-hybridized carbons (Fsp3) is 0.200. The first-order valence-electron chi connectivity index (χ1n) is 4.03. The number of hydrogen-bond acceptors (Lipinski definition) is 3. The fourth-order valence-electron chi connectivity index (χ4n) is 0.978. The number of benzene rings is 1. The highest BCUT2D eigenvalue weighted by Crippen LogP contribution is 2.20. The molecule has 0 heterocycles. The highest BCUT2D eigenvalue weighted by Gasteiger charge is 2.15. The zero-order valence-electron chi connectivity index (χ0n) is 7.90. The molecule has 0 unspecified atom stereocenters. The number of esters is 1. The van der Waals surface area contributed by atoms with Gasteiger partial charge in [-0.3, -0.25) is 0 Å². The zero-order valence-corrected chi connectivity index (χ0v) is 7.90. The Morgan fingerprint density at radius 1 is 1.29 bits per heavy atom. The van der Waals surface area contributed by atoms with Crippen LogP contribution in [0.2, 0.25) is 0 Å². The molecule has 14 heavy (non-hydrogen) atoms. The maximum absolute atomic E-state index is 10.8. The first-order chi connectivity index (χ1) is 6.52. The third-order valence-electron chi connectivity index (χ3n) is 1.93. The van der Waals surface area contributed by atoms with Crippen molar-refractivity contribution in [2.24, 2.45) is 0 Å². The topological polar surface area (TPSA) is 63.6 Å². The van der Waals surface area contributed by atoms with Crippen molar-refractivity contribution in [1.82, 2.24) is 0 Å². The minimum absolute atomic E-state index is 0.289. The smallest absolute Gasteiger partial charge is 0.422 e. The van der Waals surface area contributed by atoms with Gasteiger partial charge in [0.2, 0.25) is 0 Å². The van der Waals surface area contributed by atoms with E-state index >= 15 is 0 Å². The summed E-state index contributed by atoms with van der Waals surface area (Å²) in [4.78, 5) is 21.0. The van der Waals surface area contributed by atoms with Crippen molar-refractivity contribution in [3.05, 3.63) is 29.3 Å². The first kappa shape index (κ1) is 10.2. The average Bonchev–Trinajstić information content (AvgIpc) is 2.12. The molecule has 0 amide bonds. The van der Waals surface area contributed by atoms with Gasteiger partial charge in [-0.2, -0.15) is 0 Å². The van der Waals surface area contributed by atoms with Crippen LogP contribution in [0, 0.1) is 13.8 Å². The maximum Gasteiger partial charge on any atom is 0.422 e. The molecule has 0 saturated carbocycles. The molecule has 0 aliphatic heterocycles. The number of carbonyl (C=O) groups is 2. The molecule has 1 aromatic carbocycles. The van der Waals surface area contributed by atoms with Gasteiger partial charge in [-0.25, -0.2) is 9.59 Å². The van der Waals surface area contributed by atoms with Gasteiger partial charge < -0.3 is 9.84 Å². The zero-order chi connectivity index (χ0) is 10.7. The molecule has 1 N–H and O–H groups in total. The van der Waals surface area contributed by atoms with E-state index in [4.69, 9.17) is 5.11 Å². The van der Waals surface area contributed by atoms with Gasteiger partial charge >= 0.3 is 11.9 Å². The first-order valence-corrected chi connectivity index (χ1v) is 4.03. The molecule has 0 aliphatic rings. The third-order valence-corrected chi connectivity index (χ3v) is 1.93. The number of carbonyl (C=O) groups excluding carboxylic acids is 1. The number of carboxylic acids is 1. The summed E-state index contributed by atoms with van der Waals surface area (Å²) in [6.07, 6.45) is 0. The Labute approximate surface area is 81.1 Å². The molecule has 0 atom stereocenters. The molecule has 4 nitrogen and oxygen atoms in total. The second kappa shape index (κ2) is 3.91. The molecular weight excluding hydrogens is 184 g/mol. The molecule has 0 radical (unpaired) electrons. The van der Waals surface area contributed by atoms with Crippen LogP contribution in [0.15, 0.2) is 18.2 Å². The van der Waals surface area contributed by atoms with Gasteiger partial charge in [-0.1, -0.05) is 12.1 Å². The van der Waals surface area contributed by atoms with Crippen LogP contribution in [-0.4, -0.2) is 17.0 Å². The Morgan fingerprint density at radius 2 is 1.93 bits per heavy atom. The van der Waals surface area contributed by atoms with Gasteiger partial charge in [0.1, 0.15) is 5.75 Å². The molecule has 4 heteroatoms. The second-order valence-corrected chi connectivity index (χ2v) is 2.89. The summed E-state index contributed by atoms with van der Waals surface area (Å²) in [5.41, 5.74) is 1.71. The standard InChI is InChI=1S/C10H10O4/c1-6-4-3-5-8(7(6)2)14-10(13)9(11)12/h3-5H,1-2H3,(H,11,12). The van der Waals surface area contributed by atoms with E-state index < -0.39 is 11.9 Å². The SMILES string of the molecule is Cc1cccc(OC(=O)C(=O)O)c1C. The lowest BCUT2D eigenvalue weighted by atomic mass is 10.1. The van der Waals surface area contributed by atoms with Crippen LogP contribution in [0.4, 0.5) is 0 Å². The van der Waals surface area contributed by atoms with Crippen LogP contribution in [-0.2, 0) is 9.59 Å². The van der Waals surface area contributed by atoms with E-state index in [2.05, 4.69) is 4.74 Å². The van der Waals surface area contributed by atoms with Crippen LogP contribution in [0.3, 0.4) is 0 Å². The quantitative estimate of drug-likeness (QED) is 0.415. The Morgan fingerprint density at radius 3 is 2.50 bits per heavy atom. The summed E-state index contributed by atoms with van der Waals surface area (Å²) >= 11 is 0. The Balaban J connectivity index is 2.93. The van der Waals surface area contributed by atoms with Crippen molar-refractivity contribution in [3.63, 3.8) is 0 Å². The van der Waals surface area contributed by atoms with E-state index in [1.807, 2.05) is 13.0 Å². The average molecular weight is 194 g/mol. The van der Waals surface area contributed by atoms with Gasteiger partial charge in [0.15, 0.2) is 0 Å². The molecule has 1 rings (SSSR count). The van der Waals surface area contributed by atoms with E-state index in [0.717, 1.165) is 11.1 Å².